The number of benzene rings is 1. The zero-order valence-corrected chi connectivity index (χ0v) is 18.0. The zero-order chi connectivity index (χ0) is 21.0. The third-order valence-electron chi connectivity index (χ3n) is 5.26. The Hall–Kier alpha value is -2.83. The van der Waals surface area contributed by atoms with Gasteiger partial charge in [-0.2, -0.15) is 0 Å². The van der Waals surface area contributed by atoms with Crippen LogP contribution in [0.25, 0.3) is 0 Å². The van der Waals surface area contributed by atoms with E-state index < -0.39 is 0 Å². The average molecular weight is 399 g/mol. The first-order valence-corrected chi connectivity index (χ1v) is 10.1. The van der Waals surface area contributed by atoms with Crippen LogP contribution in [0.15, 0.2) is 18.2 Å². The molecule has 0 fully saturated rings. The Balaban J connectivity index is 1.85. The summed E-state index contributed by atoms with van der Waals surface area (Å²) in [6.07, 6.45) is 2.88. The molecule has 1 amide bonds. The van der Waals surface area contributed by atoms with Crippen LogP contribution in [0.4, 0.5) is 5.95 Å². The molecule has 1 aliphatic heterocycles. The minimum atomic E-state index is -0.0611. The molecule has 0 bridgehead atoms. The van der Waals surface area contributed by atoms with E-state index in [0.717, 1.165) is 49.4 Å². The summed E-state index contributed by atoms with van der Waals surface area (Å²) in [6, 6.07) is 5.82. The van der Waals surface area contributed by atoms with E-state index in [9.17, 15) is 4.79 Å². The van der Waals surface area contributed by atoms with Crippen LogP contribution in [0.3, 0.4) is 0 Å². The Kier molecular flexibility index (Phi) is 6.56. The van der Waals surface area contributed by atoms with Crippen LogP contribution < -0.4 is 14.4 Å². The van der Waals surface area contributed by atoms with Crippen molar-refractivity contribution in [1.29, 1.82) is 0 Å². The summed E-state index contributed by atoms with van der Waals surface area (Å²) in [6.45, 7) is 6.19. The van der Waals surface area contributed by atoms with E-state index >= 15 is 0 Å². The van der Waals surface area contributed by atoms with Crippen LogP contribution in [0.5, 0.6) is 11.5 Å². The third-order valence-corrected chi connectivity index (χ3v) is 5.26. The van der Waals surface area contributed by atoms with Crippen molar-refractivity contribution in [3.05, 3.63) is 40.7 Å². The fourth-order valence-corrected chi connectivity index (χ4v) is 3.55. The summed E-state index contributed by atoms with van der Waals surface area (Å²) in [4.78, 5) is 25.8. The van der Waals surface area contributed by atoms with Gasteiger partial charge in [0, 0.05) is 32.4 Å². The van der Waals surface area contributed by atoms with Crippen molar-refractivity contribution in [1.82, 2.24) is 14.9 Å². The molecule has 0 radical (unpaired) electrons. The van der Waals surface area contributed by atoms with Gasteiger partial charge in [-0.15, -0.1) is 0 Å². The highest BCUT2D eigenvalue weighted by atomic mass is 16.5. The smallest absolute Gasteiger partial charge is 0.272 e. The van der Waals surface area contributed by atoms with Gasteiger partial charge in [0.15, 0.2) is 11.5 Å². The predicted octanol–water partition coefficient (Wildman–Crippen LogP) is 3.24. The third kappa shape index (κ3) is 4.60. The molecule has 2 aromatic rings. The number of fused-ring (bicyclic) bond motifs is 1. The first-order chi connectivity index (χ1) is 14.0. The maximum absolute atomic E-state index is 12.8. The highest BCUT2D eigenvalue weighted by molar-refractivity contribution is 5.92. The number of ether oxygens (including phenoxy) is 2. The van der Waals surface area contributed by atoms with Gasteiger partial charge in [0.25, 0.3) is 5.91 Å². The second-order valence-electron chi connectivity index (χ2n) is 7.42. The molecule has 3 rings (SSSR count). The molecule has 0 spiro atoms. The second-order valence-corrected chi connectivity index (χ2v) is 7.42. The highest BCUT2D eigenvalue weighted by Gasteiger charge is 2.23. The summed E-state index contributed by atoms with van der Waals surface area (Å²) < 4.78 is 10.9. The number of unbranched alkanes of at least 4 members (excludes halogenated alkanes) is 1. The molecule has 2 heterocycles. The first kappa shape index (κ1) is 20.9. The molecule has 0 N–H and O–H groups in total. The van der Waals surface area contributed by atoms with Crippen molar-refractivity contribution >= 4 is 11.9 Å². The van der Waals surface area contributed by atoms with Gasteiger partial charge >= 0.3 is 0 Å². The Morgan fingerprint density at radius 3 is 2.48 bits per heavy atom. The number of hydrogen-bond donors (Lipinski definition) is 0. The van der Waals surface area contributed by atoms with Gasteiger partial charge in [0.05, 0.1) is 14.2 Å². The van der Waals surface area contributed by atoms with E-state index in [1.54, 1.807) is 25.2 Å². The molecule has 1 aromatic heterocycles. The normalized spacial score (nSPS) is 13.1. The van der Waals surface area contributed by atoms with E-state index in [0.29, 0.717) is 23.9 Å². The molecule has 0 saturated heterocycles. The number of methoxy groups -OCH3 is 2. The molecule has 0 unspecified atom stereocenters. The first-order valence-electron chi connectivity index (χ1n) is 10.1. The van der Waals surface area contributed by atoms with Crippen molar-refractivity contribution in [2.24, 2.45) is 0 Å². The molecular formula is C22H30N4O3. The summed E-state index contributed by atoms with van der Waals surface area (Å²) in [5, 5.41) is 0. The maximum atomic E-state index is 12.8. The quantitative estimate of drug-likeness (QED) is 0.713. The molecule has 156 valence electrons. The molecule has 0 aliphatic carbocycles. The lowest BCUT2D eigenvalue weighted by Gasteiger charge is -2.30. The van der Waals surface area contributed by atoms with Gasteiger partial charge < -0.3 is 19.3 Å². The number of anilines is 1. The van der Waals surface area contributed by atoms with E-state index in [1.807, 2.05) is 26.1 Å². The molecule has 1 aromatic carbocycles. The minimum Gasteiger partial charge on any atom is -0.493 e. The number of amides is 1. The van der Waals surface area contributed by atoms with Gasteiger partial charge in [-0.25, -0.2) is 9.97 Å². The van der Waals surface area contributed by atoms with E-state index in [4.69, 9.17) is 9.47 Å². The van der Waals surface area contributed by atoms with E-state index in [-0.39, 0.29) is 5.91 Å². The molecule has 7 heteroatoms. The Morgan fingerprint density at radius 2 is 1.83 bits per heavy atom. The van der Waals surface area contributed by atoms with Crippen molar-refractivity contribution in [2.75, 3.05) is 39.3 Å². The van der Waals surface area contributed by atoms with Crippen molar-refractivity contribution in [3.8, 4) is 11.5 Å². The second kappa shape index (κ2) is 9.11. The van der Waals surface area contributed by atoms with Gasteiger partial charge in [0.2, 0.25) is 5.95 Å². The predicted molar refractivity (Wildman–Crippen MR) is 113 cm³/mol. The fraction of sp³-hybridized carbons (Fsp3) is 0.500. The highest BCUT2D eigenvalue weighted by Crippen LogP contribution is 2.34. The Bertz CT molecular complexity index is 885. The average Bonchev–Trinajstić information content (AvgIpc) is 2.74. The van der Waals surface area contributed by atoms with Crippen LogP contribution in [0, 0.1) is 6.92 Å². The molecule has 0 atom stereocenters. The number of aromatic nitrogens is 2. The lowest BCUT2D eigenvalue weighted by atomic mass is 9.99. The standard InChI is InChI=1S/C22H30N4O3/c1-6-7-9-25(3)21(27)18-11-15(2)23-22(24-18)26-10-8-16-12-19(28-4)20(29-5)13-17(16)14-26/h11-13H,6-10,14H2,1-5H3. The van der Waals surface area contributed by atoms with Gasteiger partial charge in [-0.3, -0.25) is 4.79 Å². The largest absolute Gasteiger partial charge is 0.493 e. The number of nitrogens with zero attached hydrogens (tertiary/aromatic N) is 4. The van der Waals surface area contributed by atoms with Crippen LogP contribution in [-0.4, -0.2) is 55.1 Å². The number of hydrogen-bond acceptors (Lipinski definition) is 6. The van der Waals surface area contributed by atoms with Gasteiger partial charge in [0.1, 0.15) is 5.69 Å². The monoisotopic (exact) mass is 398 g/mol. The lowest BCUT2D eigenvalue weighted by molar-refractivity contribution is 0.0787. The van der Waals surface area contributed by atoms with Gasteiger partial charge in [-0.05, 0) is 49.1 Å². The van der Waals surface area contributed by atoms with Crippen LogP contribution >= 0.6 is 0 Å². The fourth-order valence-electron chi connectivity index (χ4n) is 3.55. The van der Waals surface area contributed by atoms with E-state index in [2.05, 4.69) is 21.8 Å². The summed E-state index contributed by atoms with van der Waals surface area (Å²) in [5.74, 6) is 1.99. The topological polar surface area (TPSA) is 67.8 Å². The van der Waals surface area contributed by atoms with Crippen LogP contribution in [0.1, 0.15) is 47.1 Å². The van der Waals surface area contributed by atoms with E-state index in [1.165, 1.54) is 5.56 Å². The number of aryl methyl sites for hydroxylation is 1. The van der Waals surface area contributed by atoms with Crippen molar-refractivity contribution in [3.63, 3.8) is 0 Å². The molecule has 7 nitrogen and oxygen atoms in total. The summed E-state index contributed by atoms with van der Waals surface area (Å²) >= 11 is 0. The SMILES string of the molecule is CCCCN(C)C(=O)c1cc(C)nc(N2CCc3cc(OC)c(OC)cc3C2)n1. The minimum absolute atomic E-state index is 0.0611. The van der Waals surface area contributed by atoms with Crippen molar-refractivity contribution in [2.45, 2.75) is 39.7 Å². The van der Waals surface area contributed by atoms with Crippen LogP contribution in [-0.2, 0) is 13.0 Å². The molecule has 0 saturated carbocycles. The maximum Gasteiger partial charge on any atom is 0.272 e. The summed E-state index contributed by atoms with van der Waals surface area (Å²) in [5.41, 5.74) is 3.64. The number of carbonyl (C=O) groups is 1. The van der Waals surface area contributed by atoms with Crippen LogP contribution in [0.2, 0.25) is 0 Å². The van der Waals surface area contributed by atoms with Gasteiger partial charge in [-0.1, -0.05) is 13.3 Å². The Labute approximate surface area is 172 Å². The number of carbonyl (C=O) groups excluding carboxylic acids is 1. The molecular weight excluding hydrogens is 368 g/mol. The molecule has 29 heavy (non-hydrogen) atoms. The zero-order valence-electron chi connectivity index (χ0n) is 18.0. The molecule has 1 aliphatic rings. The Morgan fingerprint density at radius 1 is 1.14 bits per heavy atom. The number of rotatable bonds is 7. The lowest BCUT2D eigenvalue weighted by Crippen LogP contribution is -2.33. The van der Waals surface area contributed by atoms with Crippen molar-refractivity contribution < 1.29 is 14.3 Å². The summed E-state index contributed by atoms with van der Waals surface area (Å²) in [7, 11) is 5.11.